The lowest BCUT2D eigenvalue weighted by atomic mass is 9.50. The normalized spacial score (nSPS) is 55.8. The number of fused-ring (bicyclic) bond motifs is 9. The smallest absolute Gasteiger partial charge is 0.311 e. The minimum atomic E-state index is -0.926. The summed E-state index contributed by atoms with van der Waals surface area (Å²) in [6.45, 7) is 0. The van der Waals surface area contributed by atoms with Crippen LogP contribution in [0.5, 0.6) is 0 Å². The molecule has 0 heterocycles. The Hall–Kier alpha value is -1.06. The fraction of sp³-hybridized carbons (Fsp3) is 0.857. The van der Waals surface area contributed by atoms with Crippen molar-refractivity contribution in [2.24, 2.45) is 34.5 Å². The Kier molecular flexibility index (Phi) is 1.75. The van der Waals surface area contributed by atoms with Crippen molar-refractivity contribution in [2.75, 3.05) is 0 Å². The highest BCUT2D eigenvalue weighted by molar-refractivity contribution is 5.90. The van der Waals surface area contributed by atoms with Gasteiger partial charge < -0.3 is 10.2 Å². The van der Waals surface area contributed by atoms with Crippen LogP contribution in [0, 0.1) is 34.5 Å². The van der Waals surface area contributed by atoms with Gasteiger partial charge in [-0.15, -0.1) is 0 Å². The van der Waals surface area contributed by atoms with Gasteiger partial charge in [-0.3, -0.25) is 9.59 Å². The van der Waals surface area contributed by atoms with Crippen molar-refractivity contribution in [2.45, 2.75) is 38.5 Å². The summed E-state index contributed by atoms with van der Waals surface area (Å²) in [5.41, 5.74) is -1.85. The van der Waals surface area contributed by atoms with Gasteiger partial charge in [-0.05, 0) is 62.2 Å². The van der Waals surface area contributed by atoms with Crippen molar-refractivity contribution in [3.8, 4) is 0 Å². The molecule has 4 heteroatoms. The third kappa shape index (κ3) is 0.757. The van der Waals surface area contributed by atoms with Crippen LogP contribution < -0.4 is 0 Å². The predicted octanol–water partition coefficient (Wildman–Crippen LogP) is 1.99. The summed E-state index contributed by atoms with van der Waals surface area (Å²) in [5, 5.41) is 19.7. The summed E-state index contributed by atoms with van der Waals surface area (Å²) < 4.78 is 0. The molecule has 0 aromatic carbocycles. The van der Waals surface area contributed by atoms with E-state index in [4.69, 9.17) is 0 Å². The van der Waals surface area contributed by atoms with Gasteiger partial charge in [-0.25, -0.2) is 0 Å². The first-order chi connectivity index (χ1) is 8.56. The molecule has 0 aromatic heterocycles. The molecule has 0 saturated heterocycles. The summed E-state index contributed by atoms with van der Waals surface area (Å²) in [7, 11) is 0. The highest BCUT2D eigenvalue weighted by Gasteiger charge is 2.83. The highest BCUT2D eigenvalue weighted by Crippen LogP contribution is 2.80. The Labute approximate surface area is 105 Å². The predicted molar refractivity (Wildman–Crippen MR) is 61.8 cm³/mol. The van der Waals surface area contributed by atoms with E-state index in [1.807, 2.05) is 0 Å². The van der Waals surface area contributed by atoms with Gasteiger partial charge in [-0.1, -0.05) is 0 Å². The summed E-state index contributed by atoms with van der Waals surface area (Å²) in [6, 6.07) is 0. The lowest BCUT2D eigenvalue weighted by molar-refractivity contribution is -0.189. The third-order valence-corrected chi connectivity index (χ3v) is 6.83. The molecule has 2 N–H and O–H groups in total. The first-order valence-corrected chi connectivity index (χ1v) is 7.03. The van der Waals surface area contributed by atoms with Crippen LogP contribution >= 0.6 is 0 Å². The zero-order valence-corrected chi connectivity index (χ0v) is 10.3. The number of aliphatic carboxylic acids is 2. The molecular formula is C14H18O4. The van der Waals surface area contributed by atoms with Gasteiger partial charge in [0, 0.05) is 0 Å². The second-order valence-corrected chi connectivity index (χ2v) is 6.76. The summed E-state index contributed by atoms with van der Waals surface area (Å²) >= 11 is 0. The Balaban J connectivity index is 2.00. The maximum absolute atomic E-state index is 12.0. The van der Waals surface area contributed by atoms with Crippen LogP contribution in [0.4, 0.5) is 0 Å². The van der Waals surface area contributed by atoms with Gasteiger partial charge in [0.15, 0.2) is 0 Å². The van der Waals surface area contributed by atoms with E-state index in [2.05, 4.69) is 0 Å². The van der Waals surface area contributed by atoms with Crippen LogP contribution in [0.3, 0.4) is 0 Å². The fourth-order valence-electron chi connectivity index (χ4n) is 6.69. The molecule has 4 atom stereocenters. The maximum Gasteiger partial charge on any atom is 0.311 e. The van der Waals surface area contributed by atoms with Gasteiger partial charge in [0.2, 0.25) is 0 Å². The van der Waals surface area contributed by atoms with Crippen LogP contribution in [-0.2, 0) is 9.59 Å². The van der Waals surface area contributed by atoms with Crippen LogP contribution in [-0.4, -0.2) is 22.2 Å². The van der Waals surface area contributed by atoms with E-state index in [0.717, 1.165) is 38.5 Å². The number of carboxylic acids is 2. The molecule has 0 radical (unpaired) electrons. The van der Waals surface area contributed by atoms with Crippen molar-refractivity contribution in [3.05, 3.63) is 0 Å². The number of hydrogen-bond acceptors (Lipinski definition) is 2. The van der Waals surface area contributed by atoms with Crippen molar-refractivity contribution in [1.82, 2.24) is 0 Å². The van der Waals surface area contributed by atoms with Crippen molar-refractivity contribution in [1.29, 1.82) is 0 Å². The minimum absolute atomic E-state index is 0.117. The highest BCUT2D eigenvalue weighted by atomic mass is 16.4. The molecule has 4 fully saturated rings. The Morgan fingerprint density at radius 3 is 1.22 bits per heavy atom. The Morgan fingerprint density at radius 2 is 1.00 bits per heavy atom. The molecule has 4 aliphatic carbocycles. The van der Waals surface area contributed by atoms with E-state index in [-0.39, 0.29) is 23.7 Å². The van der Waals surface area contributed by atoms with E-state index in [9.17, 15) is 19.8 Å². The lowest BCUT2D eigenvalue weighted by Crippen LogP contribution is -2.59. The molecule has 4 aliphatic rings. The molecule has 18 heavy (non-hydrogen) atoms. The minimum Gasteiger partial charge on any atom is -0.481 e. The zero-order valence-electron chi connectivity index (χ0n) is 10.3. The van der Waals surface area contributed by atoms with E-state index in [1.165, 1.54) is 0 Å². The third-order valence-electron chi connectivity index (χ3n) is 6.83. The van der Waals surface area contributed by atoms with E-state index < -0.39 is 22.8 Å². The average molecular weight is 250 g/mol. The van der Waals surface area contributed by atoms with Crippen molar-refractivity contribution < 1.29 is 19.8 Å². The maximum atomic E-state index is 12.0. The van der Waals surface area contributed by atoms with Crippen LogP contribution in [0.1, 0.15) is 38.5 Å². The van der Waals surface area contributed by atoms with Crippen molar-refractivity contribution >= 4 is 11.9 Å². The number of carbonyl (C=O) groups is 2. The molecule has 4 bridgehead atoms. The van der Waals surface area contributed by atoms with Gasteiger partial charge in [0.1, 0.15) is 0 Å². The molecule has 0 spiro atoms. The molecule has 4 rings (SSSR count). The van der Waals surface area contributed by atoms with Gasteiger partial charge in [0.05, 0.1) is 10.8 Å². The number of carboxylic acid groups (broad SMARTS) is 2. The second kappa shape index (κ2) is 2.91. The molecule has 4 nitrogen and oxygen atoms in total. The van der Waals surface area contributed by atoms with Crippen LogP contribution in [0.25, 0.3) is 0 Å². The largest absolute Gasteiger partial charge is 0.481 e. The van der Waals surface area contributed by atoms with Gasteiger partial charge in [0.25, 0.3) is 0 Å². The molecular weight excluding hydrogens is 232 g/mol. The molecule has 0 unspecified atom stereocenters. The quantitative estimate of drug-likeness (QED) is 0.735. The topological polar surface area (TPSA) is 74.6 Å². The SMILES string of the molecule is O=C(O)C12[C@@H]3CC[C@H](C3)C1(C(=O)O)[C@@H]1CC[C@@H]2C1. The monoisotopic (exact) mass is 250 g/mol. The summed E-state index contributed by atoms with van der Waals surface area (Å²) in [5.74, 6) is -1.16. The van der Waals surface area contributed by atoms with Gasteiger partial charge >= 0.3 is 11.9 Å². The second-order valence-electron chi connectivity index (χ2n) is 6.76. The first-order valence-electron chi connectivity index (χ1n) is 7.03. The molecule has 4 saturated carbocycles. The summed E-state index contributed by atoms with van der Waals surface area (Å²) in [6.07, 6.45) is 5.38. The standard InChI is InChI=1S/C14H18O4/c15-11(16)13-7-1-2-8(5-7)14(13,12(17)18)10-4-3-9(13)6-10/h7-10H,1-6H2,(H,15,16)(H,17,18)/t7-,8-,9-,10-,13?,14?/m1/s1. The molecule has 0 aliphatic heterocycles. The molecule has 98 valence electrons. The molecule has 0 amide bonds. The Morgan fingerprint density at radius 1 is 0.722 bits per heavy atom. The van der Waals surface area contributed by atoms with Crippen molar-refractivity contribution in [3.63, 3.8) is 0 Å². The number of rotatable bonds is 2. The fourth-order valence-corrected chi connectivity index (χ4v) is 6.69. The summed E-state index contributed by atoms with van der Waals surface area (Å²) in [4.78, 5) is 24.1. The van der Waals surface area contributed by atoms with E-state index >= 15 is 0 Å². The number of hydrogen-bond donors (Lipinski definition) is 2. The average Bonchev–Trinajstić information content (AvgIpc) is 3.05. The van der Waals surface area contributed by atoms with Gasteiger partial charge in [-0.2, -0.15) is 0 Å². The van der Waals surface area contributed by atoms with E-state index in [1.54, 1.807) is 0 Å². The zero-order chi connectivity index (χ0) is 12.7. The Bertz CT molecular complexity index is 393. The van der Waals surface area contributed by atoms with E-state index in [0.29, 0.717) is 0 Å². The van der Waals surface area contributed by atoms with Crippen LogP contribution in [0.2, 0.25) is 0 Å². The lowest BCUT2D eigenvalue weighted by Gasteiger charge is -2.50. The van der Waals surface area contributed by atoms with Crippen LogP contribution in [0.15, 0.2) is 0 Å². The molecule has 0 aromatic rings. The first kappa shape index (κ1) is 10.8.